The molecule has 1 aromatic rings. The van der Waals surface area contributed by atoms with Crippen LogP contribution in [0.2, 0.25) is 0 Å². The van der Waals surface area contributed by atoms with Gasteiger partial charge in [-0.2, -0.15) is 0 Å². The van der Waals surface area contributed by atoms with Crippen molar-refractivity contribution in [3.05, 3.63) is 17.5 Å². The van der Waals surface area contributed by atoms with Gasteiger partial charge in [0.2, 0.25) is 5.91 Å². The lowest BCUT2D eigenvalue weighted by Crippen LogP contribution is -2.43. The Morgan fingerprint density at radius 1 is 1.28 bits per heavy atom. The molecule has 0 radical (unpaired) electrons. The van der Waals surface area contributed by atoms with Crippen molar-refractivity contribution in [2.75, 3.05) is 13.1 Å². The Labute approximate surface area is 146 Å². The average molecular weight is 350 g/mol. The molecule has 1 aromatic heterocycles. The Morgan fingerprint density at radius 2 is 2.00 bits per heavy atom. The van der Waals surface area contributed by atoms with Crippen LogP contribution in [0.15, 0.2) is 10.6 Å². The van der Waals surface area contributed by atoms with E-state index in [1.165, 1.54) is 0 Å². The van der Waals surface area contributed by atoms with Crippen molar-refractivity contribution in [3.63, 3.8) is 0 Å². The Hall–Kier alpha value is -1.93. The summed E-state index contributed by atoms with van der Waals surface area (Å²) >= 11 is 0. The fourth-order valence-electron chi connectivity index (χ4n) is 3.20. The number of aliphatic hydroxyl groups is 1. The van der Waals surface area contributed by atoms with Gasteiger partial charge in [0.05, 0.1) is 0 Å². The number of nitrogens with one attached hydrogen (secondary N) is 2. The molecule has 5 N–H and O–H groups in total. The number of amides is 2. The fraction of sp³-hybridized carbons (Fsp3) is 0.706. The van der Waals surface area contributed by atoms with Gasteiger partial charge >= 0.3 is 0 Å². The SMILES string of the molecule is NCC(O)C(=O)NCC1CCC(NC(=O)c2cc(C3CC3)on2)CC1. The van der Waals surface area contributed by atoms with Gasteiger partial charge in [-0.1, -0.05) is 5.16 Å². The van der Waals surface area contributed by atoms with Crippen molar-refractivity contribution in [1.82, 2.24) is 15.8 Å². The number of nitrogens with zero attached hydrogens (tertiary/aromatic N) is 1. The van der Waals surface area contributed by atoms with Gasteiger partial charge in [0.25, 0.3) is 5.91 Å². The summed E-state index contributed by atoms with van der Waals surface area (Å²) in [4.78, 5) is 23.8. The van der Waals surface area contributed by atoms with Gasteiger partial charge in [-0.15, -0.1) is 0 Å². The normalized spacial score (nSPS) is 24.6. The molecule has 8 heteroatoms. The molecular formula is C17H26N4O4. The van der Waals surface area contributed by atoms with E-state index in [0.717, 1.165) is 44.3 Å². The van der Waals surface area contributed by atoms with Gasteiger partial charge in [0.15, 0.2) is 5.69 Å². The van der Waals surface area contributed by atoms with Crippen LogP contribution in [0.5, 0.6) is 0 Å². The first-order valence-electron chi connectivity index (χ1n) is 9.00. The monoisotopic (exact) mass is 350 g/mol. The lowest BCUT2D eigenvalue weighted by atomic mass is 9.86. The van der Waals surface area contributed by atoms with Crippen molar-refractivity contribution in [3.8, 4) is 0 Å². The lowest BCUT2D eigenvalue weighted by Gasteiger charge is -2.29. The zero-order valence-corrected chi connectivity index (χ0v) is 14.2. The quantitative estimate of drug-likeness (QED) is 0.559. The molecule has 0 saturated heterocycles. The second-order valence-corrected chi connectivity index (χ2v) is 7.08. The van der Waals surface area contributed by atoms with Crippen LogP contribution >= 0.6 is 0 Å². The van der Waals surface area contributed by atoms with Crippen LogP contribution in [0.3, 0.4) is 0 Å². The summed E-state index contributed by atoms with van der Waals surface area (Å²) in [5.41, 5.74) is 5.61. The number of rotatable bonds is 7. The first kappa shape index (κ1) is 17.9. The highest BCUT2D eigenvalue weighted by Gasteiger charge is 2.30. The second kappa shape index (κ2) is 7.97. The molecule has 2 aliphatic carbocycles. The maximum Gasteiger partial charge on any atom is 0.273 e. The highest BCUT2D eigenvalue weighted by atomic mass is 16.5. The maximum atomic E-state index is 12.2. The molecule has 2 saturated carbocycles. The molecule has 1 heterocycles. The molecule has 1 atom stereocenters. The molecule has 25 heavy (non-hydrogen) atoms. The summed E-state index contributed by atoms with van der Waals surface area (Å²) in [6, 6.07) is 1.87. The molecule has 2 amide bonds. The number of nitrogens with two attached hydrogens (primary N) is 1. The molecule has 138 valence electrons. The first-order chi connectivity index (χ1) is 12.1. The zero-order chi connectivity index (χ0) is 17.8. The molecule has 3 rings (SSSR count). The van der Waals surface area contributed by atoms with Crippen molar-refractivity contribution in [1.29, 1.82) is 0 Å². The second-order valence-electron chi connectivity index (χ2n) is 7.08. The minimum Gasteiger partial charge on any atom is -0.382 e. The number of hydrogen-bond donors (Lipinski definition) is 4. The predicted octanol–water partition coefficient (Wildman–Crippen LogP) is 0.276. The van der Waals surface area contributed by atoms with Crippen molar-refractivity contribution in [2.45, 2.75) is 56.6 Å². The zero-order valence-electron chi connectivity index (χ0n) is 14.2. The summed E-state index contributed by atoms with van der Waals surface area (Å²) in [6.07, 6.45) is 4.63. The average Bonchev–Trinajstić information content (AvgIpc) is 3.36. The number of hydrogen-bond acceptors (Lipinski definition) is 6. The molecule has 0 aromatic carbocycles. The third kappa shape index (κ3) is 4.79. The molecule has 2 fully saturated rings. The molecule has 0 aliphatic heterocycles. The van der Waals surface area contributed by atoms with E-state index in [0.29, 0.717) is 24.1 Å². The van der Waals surface area contributed by atoms with Crippen LogP contribution in [0, 0.1) is 5.92 Å². The van der Waals surface area contributed by atoms with Crippen molar-refractivity contribution >= 4 is 11.8 Å². The molecular weight excluding hydrogens is 324 g/mol. The van der Waals surface area contributed by atoms with Gasteiger partial charge in [0.1, 0.15) is 11.9 Å². The minimum atomic E-state index is -1.14. The minimum absolute atomic E-state index is 0.0743. The van der Waals surface area contributed by atoms with Gasteiger partial charge in [-0.05, 0) is 44.4 Å². The molecule has 2 aliphatic rings. The van der Waals surface area contributed by atoms with Gasteiger partial charge < -0.3 is 26.0 Å². The first-order valence-corrected chi connectivity index (χ1v) is 9.00. The van der Waals surface area contributed by atoms with Crippen LogP contribution < -0.4 is 16.4 Å². The van der Waals surface area contributed by atoms with Gasteiger partial charge in [0, 0.05) is 31.1 Å². The Balaban J connectivity index is 1.38. The van der Waals surface area contributed by atoms with Gasteiger partial charge in [-0.3, -0.25) is 9.59 Å². The van der Waals surface area contributed by atoms with E-state index in [1.54, 1.807) is 6.07 Å². The third-order valence-electron chi connectivity index (χ3n) is 5.01. The summed E-state index contributed by atoms with van der Waals surface area (Å²) in [6.45, 7) is 0.458. The van der Waals surface area contributed by atoms with E-state index in [-0.39, 0.29) is 18.5 Å². The predicted molar refractivity (Wildman–Crippen MR) is 89.8 cm³/mol. The highest BCUT2D eigenvalue weighted by molar-refractivity contribution is 5.92. The van der Waals surface area contributed by atoms with Crippen LogP contribution in [-0.2, 0) is 4.79 Å². The summed E-state index contributed by atoms with van der Waals surface area (Å²) in [5, 5.41) is 19.0. The standard InChI is InChI=1S/C17H26N4O4/c18-8-14(22)17(24)19-9-10-1-5-12(6-2-10)20-16(23)13-7-15(25-21-13)11-3-4-11/h7,10-12,14,22H,1-6,8-9,18H2,(H,19,24)(H,20,23). The summed E-state index contributed by atoms with van der Waals surface area (Å²) in [5.74, 6) is 1.01. The van der Waals surface area contributed by atoms with E-state index >= 15 is 0 Å². The number of aromatic nitrogens is 1. The smallest absolute Gasteiger partial charge is 0.273 e. The third-order valence-corrected chi connectivity index (χ3v) is 5.01. The number of carbonyl (C=O) groups is 2. The Kier molecular flexibility index (Phi) is 5.70. The highest BCUT2D eigenvalue weighted by Crippen LogP contribution is 2.40. The largest absolute Gasteiger partial charge is 0.382 e. The van der Waals surface area contributed by atoms with Crippen LogP contribution in [0.25, 0.3) is 0 Å². The molecule has 1 unspecified atom stereocenters. The lowest BCUT2D eigenvalue weighted by molar-refractivity contribution is -0.129. The van der Waals surface area contributed by atoms with Crippen molar-refractivity contribution in [2.24, 2.45) is 11.7 Å². The van der Waals surface area contributed by atoms with Gasteiger partial charge in [-0.25, -0.2) is 0 Å². The summed E-state index contributed by atoms with van der Waals surface area (Å²) in [7, 11) is 0. The fourth-order valence-corrected chi connectivity index (χ4v) is 3.20. The topological polar surface area (TPSA) is 130 Å². The van der Waals surface area contributed by atoms with Crippen LogP contribution in [0.4, 0.5) is 0 Å². The van der Waals surface area contributed by atoms with Crippen LogP contribution in [-0.4, -0.2) is 47.3 Å². The van der Waals surface area contributed by atoms with E-state index < -0.39 is 12.0 Å². The van der Waals surface area contributed by atoms with E-state index in [4.69, 9.17) is 10.3 Å². The summed E-state index contributed by atoms with van der Waals surface area (Å²) < 4.78 is 5.22. The van der Waals surface area contributed by atoms with Crippen LogP contribution in [0.1, 0.15) is 60.7 Å². The number of aliphatic hydroxyl groups excluding tert-OH is 1. The van der Waals surface area contributed by atoms with Crippen molar-refractivity contribution < 1.29 is 19.2 Å². The molecule has 0 bridgehead atoms. The maximum absolute atomic E-state index is 12.2. The van der Waals surface area contributed by atoms with E-state index in [1.807, 2.05) is 0 Å². The van der Waals surface area contributed by atoms with E-state index in [9.17, 15) is 14.7 Å². The van der Waals surface area contributed by atoms with E-state index in [2.05, 4.69) is 15.8 Å². The molecule has 0 spiro atoms. The Morgan fingerprint density at radius 3 is 2.64 bits per heavy atom. The number of carbonyl (C=O) groups excluding carboxylic acids is 2. The Bertz CT molecular complexity index is 606. The molecule has 8 nitrogen and oxygen atoms in total.